The largest absolute Gasteiger partial charge is 3.00 e. The van der Waals surface area contributed by atoms with Gasteiger partial charge in [-0.05, 0) is 38.5 Å². The maximum absolute atomic E-state index is 10.4. The second kappa shape index (κ2) is 50.9. The van der Waals surface area contributed by atoms with E-state index in [1.165, 1.54) is 0 Å². The van der Waals surface area contributed by atoms with E-state index in [0.717, 1.165) is 0 Å². The molecule has 0 radical (unpaired) electrons. The van der Waals surface area contributed by atoms with Gasteiger partial charge in [-0.1, -0.05) is 41.5 Å². The van der Waals surface area contributed by atoms with Gasteiger partial charge in [0.2, 0.25) is 0 Å². The van der Waals surface area contributed by atoms with Gasteiger partial charge < -0.3 is 59.4 Å². The van der Waals surface area contributed by atoms with E-state index in [9.17, 15) is 88.2 Å². The second-order valence-electron chi connectivity index (χ2n) is 11.0. The third kappa shape index (κ3) is 83.1. The zero-order valence-electron chi connectivity index (χ0n) is 33.2. The number of carbonyl (C=O) groups excluding carboxylic acids is 12. The molecule has 0 aliphatic heterocycles. The average Bonchev–Trinajstić information content (AvgIpc) is 2.97. The number of aliphatic carboxylic acids is 6. The van der Waals surface area contributed by atoms with E-state index in [2.05, 4.69) is 0 Å². The van der Waals surface area contributed by atoms with Crippen LogP contribution in [0.1, 0.15) is 157 Å². The molecule has 0 amide bonds. The van der Waals surface area contributed by atoms with Crippen LogP contribution in [0.2, 0.25) is 0 Å². The molecule has 312 valence electrons. The number of hydrogen-bond acceptors (Lipinski definition) is 18. The summed E-state index contributed by atoms with van der Waals surface area (Å²) in [7, 11) is 0. The van der Waals surface area contributed by atoms with Crippen molar-refractivity contribution in [3.8, 4) is 0 Å². The van der Waals surface area contributed by atoms with Crippen molar-refractivity contribution in [3.63, 3.8) is 0 Å². The number of ketones is 6. The van der Waals surface area contributed by atoms with E-state index in [-0.39, 0.29) is 69.4 Å². The van der Waals surface area contributed by atoms with E-state index < -0.39 is 74.3 Å². The van der Waals surface area contributed by atoms with Crippen LogP contribution in [0, 0.1) is 0 Å². The first-order chi connectivity index (χ1) is 25.0. The number of carboxylic acids is 6. The zero-order chi connectivity index (χ0) is 43.7. The molecule has 0 fully saturated rings. The molecule has 0 aromatic carbocycles. The van der Waals surface area contributed by atoms with Crippen LogP contribution in [-0.2, 0) is 57.5 Å². The van der Waals surface area contributed by atoms with Crippen LogP contribution in [0.15, 0.2) is 0 Å². The number of Topliss-reactive ketones (excluding diaryl/α,β-unsaturated/α-hetero) is 6. The first kappa shape index (κ1) is 69.8. The Bertz CT molecular complexity index is 950. The molecule has 18 nitrogen and oxygen atoms in total. The molecule has 0 saturated carbocycles. The molecule has 0 aliphatic rings. The minimum atomic E-state index is -1.28. The summed E-state index contributed by atoms with van der Waals surface area (Å²) in [4.78, 5) is 121. The van der Waals surface area contributed by atoms with E-state index >= 15 is 0 Å². The predicted octanol–water partition coefficient (Wildman–Crippen LogP) is -3.79. The molecule has 0 aromatic rings. The quantitative estimate of drug-likeness (QED) is 0.0665. The zero-order valence-corrected chi connectivity index (χ0v) is 35.5. The Morgan fingerprint density at radius 1 is 0.250 bits per heavy atom. The SMILES string of the molecule is CCCC(=O)CC(=O)[O-].CCCC(=O)CC(=O)[O-].CCCC(=O)CC(=O)[O-].CCCC(=O)CC(=O)[O-].CCCC(=O)CC(=O)[O-].CCCC(=O)CC(=O)[O-].[Al+3].[Al+3]. The molecule has 0 aromatic heterocycles. The fraction of sp³-hybridized carbons (Fsp3) is 0.667. The summed E-state index contributed by atoms with van der Waals surface area (Å²) in [5.41, 5.74) is 0. The van der Waals surface area contributed by atoms with Gasteiger partial charge in [0, 0.05) is 113 Å². The summed E-state index contributed by atoms with van der Waals surface area (Å²) in [6.07, 6.45) is 3.63. The monoisotopic (exact) mass is 828 g/mol. The molecule has 0 rings (SSSR count). The van der Waals surface area contributed by atoms with E-state index in [1.807, 2.05) is 41.5 Å². The Kier molecular flexibility index (Phi) is 63.4. The van der Waals surface area contributed by atoms with Crippen LogP contribution in [0.4, 0.5) is 0 Å². The summed E-state index contributed by atoms with van der Waals surface area (Å²) >= 11 is 0. The summed E-state index contributed by atoms with van der Waals surface area (Å²) in [5, 5.41) is 58.5. The van der Waals surface area contributed by atoms with Crippen molar-refractivity contribution >= 4 is 105 Å². The van der Waals surface area contributed by atoms with E-state index in [1.54, 1.807) is 0 Å². The minimum Gasteiger partial charge on any atom is -0.550 e. The standard InChI is InChI=1S/6C6H10O3.2Al/c6*1-2-3-5(7)4-6(8)9;;/h6*2-4H2,1H3,(H,8,9);;/q;;;;;;2*+3/p-6. The number of carbonyl (C=O) groups is 12. The average molecular weight is 829 g/mol. The van der Waals surface area contributed by atoms with Crippen molar-refractivity contribution in [1.29, 1.82) is 0 Å². The Hall–Kier alpha value is -4.10. The number of rotatable bonds is 24. The molecule has 56 heavy (non-hydrogen) atoms. The van der Waals surface area contributed by atoms with E-state index in [0.29, 0.717) is 77.0 Å². The van der Waals surface area contributed by atoms with Gasteiger partial charge in [0.25, 0.3) is 0 Å². The molecular weight excluding hydrogens is 774 g/mol. The third-order valence-corrected chi connectivity index (χ3v) is 5.22. The molecule has 0 spiro atoms. The van der Waals surface area contributed by atoms with Gasteiger partial charge in [0.1, 0.15) is 34.7 Å². The normalized spacial score (nSPS) is 8.68. The Labute approximate surface area is 349 Å². The topological polar surface area (TPSA) is 343 Å². The molecule has 0 atom stereocenters. The summed E-state index contributed by atoms with van der Waals surface area (Å²) in [6, 6.07) is 0. The molecule has 0 heterocycles. The van der Waals surface area contributed by atoms with Crippen molar-refractivity contribution in [1.82, 2.24) is 0 Å². The predicted molar refractivity (Wildman–Crippen MR) is 189 cm³/mol. The summed E-state index contributed by atoms with van der Waals surface area (Å²) < 4.78 is 0. The molecule has 0 saturated heterocycles. The fourth-order valence-corrected chi connectivity index (χ4v) is 3.17. The van der Waals surface area contributed by atoms with Crippen molar-refractivity contribution in [2.24, 2.45) is 0 Å². The fourth-order valence-electron chi connectivity index (χ4n) is 3.17. The van der Waals surface area contributed by atoms with Gasteiger partial charge in [0.15, 0.2) is 0 Å². The second-order valence-corrected chi connectivity index (χ2v) is 11.0. The first-order valence-corrected chi connectivity index (χ1v) is 17.3. The van der Waals surface area contributed by atoms with Crippen LogP contribution in [-0.4, -0.2) is 105 Å². The van der Waals surface area contributed by atoms with Gasteiger partial charge in [-0.25, -0.2) is 0 Å². The molecule has 0 unspecified atom stereocenters. The molecular formula is C36H54Al2O18. The Balaban J connectivity index is -0.0000000817. The van der Waals surface area contributed by atoms with Crippen molar-refractivity contribution in [2.45, 2.75) is 157 Å². The molecule has 0 bridgehead atoms. The molecule has 0 N–H and O–H groups in total. The van der Waals surface area contributed by atoms with Crippen molar-refractivity contribution in [3.05, 3.63) is 0 Å². The summed E-state index contributed by atoms with van der Waals surface area (Å²) in [5.74, 6) is -9.22. The van der Waals surface area contributed by atoms with Crippen LogP contribution in [0.3, 0.4) is 0 Å². The molecule has 0 aliphatic carbocycles. The Morgan fingerprint density at radius 3 is 0.393 bits per heavy atom. The van der Waals surface area contributed by atoms with Gasteiger partial charge in [-0.2, -0.15) is 0 Å². The van der Waals surface area contributed by atoms with Gasteiger partial charge in [-0.15, -0.1) is 0 Å². The maximum atomic E-state index is 10.4. The molecule has 20 heteroatoms. The van der Waals surface area contributed by atoms with Crippen molar-refractivity contribution < 1.29 is 88.2 Å². The van der Waals surface area contributed by atoms with Crippen molar-refractivity contribution in [2.75, 3.05) is 0 Å². The Morgan fingerprint density at radius 2 is 0.339 bits per heavy atom. The van der Waals surface area contributed by atoms with E-state index in [4.69, 9.17) is 0 Å². The van der Waals surface area contributed by atoms with Gasteiger partial charge in [-0.3, -0.25) is 28.8 Å². The third-order valence-electron chi connectivity index (χ3n) is 5.22. The number of carboxylic acid groups (broad SMARTS) is 6. The smallest absolute Gasteiger partial charge is 0.550 e. The van der Waals surface area contributed by atoms with Crippen LogP contribution >= 0.6 is 0 Å². The van der Waals surface area contributed by atoms with Gasteiger partial charge in [0.05, 0.1) is 0 Å². The van der Waals surface area contributed by atoms with Crippen LogP contribution in [0.5, 0.6) is 0 Å². The first-order valence-electron chi connectivity index (χ1n) is 17.3. The number of hydrogen-bond donors (Lipinski definition) is 0. The van der Waals surface area contributed by atoms with Crippen LogP contribution < -0.4 is 30.6 Å². The summed E-state index contributed by atoms with van der Waals surface area (Å²) in [6.45, 7) is 11.0. The van der Waals surface area contributed by atoms with Crippen LogP contribution in [0.25, 0.3) is 0 Å². The van der Waals surface area contributed by atoms with Gasteiger partial charge >= 0.3 is 34.7 Å². The maximum Gasteiger partial charge on any atom is 3.00 e. The minimum absolute atomic E-state index is 0.